The van der Waals surface area contributed by atoms with E-state index < -0.39 is 23.2 Å². The molecule has 0 aliphatic heterocycles. The summed E-state index contributed by atoms with van der Waals surface area (Å²) < 4.78 is 52.7. The minimum Gasteiger partial charge on any atom is -0.490 e. The molecule has 0 radical (unpaired) electrons. The molecule has 1 heterocycles. The monoisotopic (exact) mass is 620 g/mol. The highest BCUT2D eigenvalue weighted by Gasteiger charge is 2.31. The number of halogens is 4. The fourth-order valence-electron chi connectivity index (χ4n) is 4.24. The molecule has 5 rings (SSSR count). The summed E-state index contributed by atoms with van der Waals surface area (Å²) in [5.74, 6) is 0.153. The summed E-state index contributed by atoms with van der Waals surface area (Å²) in [7, 11) is 0. The highest BCUT2D eigenvalue weighted by molar-refractivity contribution is 6.30. The molecular weight excluding hydrogens is 597 g/mol. The lowest BCUT2D eigenvalue weighted by Crippen LogP contribution is -2.20. The van der Waals surface area contributed by atoms with Crippen molar-refractivity contribution in [1.29, 1.82) is 0 Å². The van der Waals surface area contributed by atoms with Gasteiger partial charge in [-0.3, -0.25) is 9.59 Å². The molecule has 0 aliphatic rings. The molecule has 0 spiro atoms. The number of rotatable bonds is 9. The van der Waals surface area contributed by atoms with Crippen molar-refractivity contribution in [3.05, 3.63) is 117 Å². The molecule has 12 heteroatoms. The average molecular weight is 621 g/mol. The summed E-state index contributed by atoms with van der Waals surface area (Å²) in [6.45, 7) is 1.77. The summed E-state index contributed by atoms with van der Waals surface area (Å²) in [6.07, 6.45) is -3.23. The lowest BCUT2D eigenvalue weighted by Gasteiger charge is -2.13. The van der Waals surface area contributed by atoms with E-state index >= 15 is 0 Å². The van der Waals surface area contributed by atoms with Gasteiger partial charge in [0.15, 0.2) is 23.9 Å². The number of hydrogen-bond donors (Lipinski definition) is 1. The predicted octanol–water partition coefficient (Wildman–Crippen LogP) is 7.03. The Bertz CT molecular complexity index is 1910. The number of carbonyl (C=O) groups excluding carboxylic acids is 1. The van der Waals surface area contributed by atoms with E-state index in [1.165, 1.54) is 18.3 Å². The summed E-state index contributed by atoms with van der Waals surface area (Å²) in [4.78, 5) is 30.3. The van der Waals surface area contributed by atoms with Crippen LogP contribution in [0.25, 0.3) is 22.3 Å². The van der Waals surface area contributed by atoms with E-state index in [1.807, 2.05) is 0 Å². The van der Waals surface area contributed by atoms with Crippen LogP contribution in [0.3, 0.4) is 0 Å². The molecule has 1 N–H and O–H groups in total. The number of aromatic nitrogens is 2. The van der Waals surface area contributed by atoms with Gasteiger partial charge < -0.3 is 14.8 Å². The van der Waals surface area contributed by atoms with Gasteiger partial charge in [-0.1, -0.05) is 35.9 Å². The third-order valence-electron chi connectivity index (χ3n) is 6.28. The maximum Gasteiger partial charge on any atom is 0.416 e. The van der Waals surface area contributed by atoms with E-state index in [0.29, 0.717) is 39.9 Å². The number of para-hydroxylation sites is 1. The van der Waals surface area contributed by atoms with Gasteiger partial charge in [-0.05, 0) is 79.2 Å². The molecule has 0 unspecified atom stereocenters. The number of amides is 1. The Balaban J connectivity index is 1.44. The number of nitrogens with one attached hydrogen (secondary N) is 1. The smallest absolute Gasteiger partial charge is 0.416 e. The van der Waals surface area contributed by atoms with Gasteiger partial charge in [-0.25, -0.2) is 4.98 Å². The predicted molar refractivity (Wildman–Crippen MR) is 163 cm³/mol. The zero-order valence-corrected chi connectivity index (χ0v) is 23.9. The highest BCUT2D eigenvalue weighted by Crippen LogP contribution is 2.32. The Hall–Kier alpha value is -5.16. The number of benzene rings is 4. The molecule has 0 fully saturated rings. The van der Waals surface area contributed by atoms with Crippen molar-refractivity contribution in [2.45, 2.75) is 13.1 Å². The second-order valence-electron chi connectivity index (χ2n) is 9.38. The van der Waals surface area contributed by atoms with Crippen molar-refractivity contribution in [1.82, 2.24) is 9.66 Å². The molecule has 1 aromatic heterocycles. The molecule has 8 nitrogen and oxygen atoms in total. The molecule has 0 aliphatic carbocycles. The molecule has 5 aromatic rings. The van der Waals surface area contributed by atoms with Gasteiger partial charge in [-0.2, -0.15) is 22.9 Å². The largest absolute Gasteiger partial charge is 0.490 e. The van der Waals surface area contributed by atoms with E-state index in [9.17, 15) is 22.8 Å². The first kappa shape index (κ1) is 30.3. The zero-order valence-electron chi connectivity index (χ0n) is 23.1. The van der Waals surface area contributed by atoms with E-state index in [2.05, 4.69) is 15.4 Å². The number of carbonyl (C=O) groups is 1. The Kier molecular flexibility index (Phi) is 8.96. The number of alkyl halides is 3. The average Bonchev–Trinajstić information content (AvgIpc) is 3.01. The van der Waals surface area contributed by atoms with Gasteiger partial charge in [0.05, 0.1) is 29.3 Å². The number of nitrogens with zero attached hydrogens (tertiary/aromatic N) is 3. The summed E-state index contributed by atoms with van der Waals surface area (Å²) >= 11 is 5.88. The Morgan fingerprint density at radius 3 is 2.50 bits per heavy atom. The van der Waals surface area contributed by atoms with Gasteiger partial charge >= 0.3 is 6.18 Å². The van der Waals surface area contributed by atoms with Crippen molar-refractivity contribution in [3.8, 4) is 22.9 Å². The van der Waals surface area contributed by atoms with E-state index in [-0.39, 0.29) is 23.4 Å². The maximum atomic E-state index is 13.5. The quantitative estimate of drug-likeness (QED) is 0.179. The fourth-order valence-corrected chi connectivity index (χ4v) is 4.37. The van der Waals surface area contributed by atoms with Crippen molar-refractivity contribution < 1.29 is 27.4 Å². The van der Waals surface area contributed by atoms with Crippen LogP contribution >= 0.6 is 11.6 Å². The van der Waals surface area contributed by atoms with Gasteiger partial charge in [0.1, 0.15) is 0 Å². The molecule has 4 aromatic carbocycles. The first-order chi connectivity index (χ1) is 21.1. The Morgan fingerprint density at radius 1 is 0.977 bits per heavy atom. The second-order valence-corrected chi connectivity index (χ2v) is 9.81. The lowest BCUT2D eigenvalue weighted by molar-refractivity contribution is -0.137. The number of anilines is 1. The van der Waals surface area contributed by atoms with Gasteiger partial charge in [0.2, 0.25) is 0 Å². The Labute approximate surface area is 254 Å². The summed E-state index contributed by atoms with van der Waals surface area (Å²) in [6, 6.07) is 22.5. The molecular formula is C32H24ClF3N4O4. The van der Waals surface area contributed by atoms with Crippen molar-refractivity contribution in [2.75, 3.05) is 18.5 Å². The second kappa shape index (κ2) is 13.0. The third kappa shape index (κ3) is 7.07. The van der Waals surface area contributed by atoms with Gasteiger partial charge in [0, 0.05) is 16.3 Å². The normalized spacial score (nSPS) is 11.6. The number of ether oxygens (including phenoxy) is 2. The molecule has 44 heavy (non-hydrogen) atoms. The van der Waals surface area contributed by atoms with Crippen molar-refractivity contribution in [3.63, 3.8) is 0 Å². The molecule has 0 atom stereocenters. The molecule has 0 saturated heterocycles. The maximum absolute atomic E-state index is 13.5. The van der Waals surface area contributed by atoms with Crippen LogP contribution in [-0.2, 0) is 11.0 Å². The first-order valence-electron chi connectivity index (χ1n) is 13.3. The zero-order chi connectivity index (χ0) is 31.3. The first-order valence-corrected chi connectivity index (χ1v) is 13.7. The number of hydrogen-bond acceptors (Lipinski definition) is 6. The highest BCUT2D eigenvalue weighted by atomic mass is 35.5. The van der Waals surface area contributed by atoms with Crippen molar-refractivity contribution in [2.24, 2.45) is 5.10 Å². The van der Waals surface area contributed by atoms with E-state index in [1.54, 1.807) is 73.7 Å². The van der Waals surface area contributed by atoms with Crippen LogP contribution in [0.2, 0.25) is 5.02 Å². The third-order valence-corrected chi connectivity index (χ3v) is 6.53. The minimum absolute atomic E-state index is 0.0623. The van der Waals surface area contributed by atoms with Gasteiger partial charge in [0.25, 0.3) is 11.5 Å². The SMILES string of the molecule is CCOc1cc(C=Nn2c(-c3cccc(C(F)(F)F)c3)nc3ccccc3c2=O)ccc1OCC(=O)Nc1ccc(Cl)cc1. The molecule has 224 valence electrons. The fraction of sp³-hybridized carbons (Fsp3) is 0.125. The van der Waals surface area contributed by atoms with Crippen LogP contribution < -0.4 is 20.3 Å². The van der Waals surface area contributed by atoms with E-state index in [0.717, 1.165) is 16.8 Å². The van der Waals surface area contributed by atoms with Crippen LogP contribution in [0.4, 0.5) is 18.9 Å². The topological polar surface area (TPSA) is 94.8 Å². The standard InChI is InChI=1S/C32H24ClF3N4O4/c1-2-43-28-16-20(10-15-27(28)44-19-29(41)38-24-13-11-23(33)12-14-24)18-37-40-30(21-6-5-7-22(17-21)32(34,35)36)39-26-9-4-3-8-25(26)31(40)42/h3-18H,2,19H2,1H3,(H,38,41). The van der Waals surface area contributed by atoms with Crippen LogP contribution in [0.1, 0.15) is 18.1 Å². The van der Waals surface area contributed by atoms with Gasteiger partial charge in [-0.15, -0.1) is 0 Å². The number of fused-ring (bicyclic) bond motifs is 1. The van der Waals surface area contributed by atoms with Crippen LogP contribution in [0.15, 0.2) is 101 Å². The molecule has 0 saturated carbocycles. The lowest BCUT2D eigenvalue weighted by atomic mass is 10.1. The summed E-state index contributed by atoms with van der Waals surface area (Å²) in [5.41, 5.74) is -0.0151. The van der Waals surface area contributed by atoms with Crippen LogP contribution in [0, 0.1) is 0 Å². The van der Waals surface area contributed by atoms with Crippen molar-refractivity contribution >= 4 is 40.3 Å². The van der Waals surface area contributed by atoms with Crippen LogP contribution in [0.5, 0.6) is 11.5 Å². The molecule has 1 amide bonds. The Morgan fingerprint density at radius 2 is 1.75 bits per heavy atom. The van der Waals surface area contributed by atoms with Crippen LogP contribution in [-0.4, -0.2) is 35.0 Å². The minimum atomic E-state index is -4.59. The summed E-state index contributed by atoms with van der Waals surface area (Å²) in [5, 5.41) is 7.81. The molecule has 0 bridgehead atoms. The van der Waals surface area contributed by atoms with E-state index in [4.69, 9.17) is 21.1 Å².